The first-order valence-corrected chi connectivity index (χ1v) is 10.5. The molecule has 9 heteroatoms. The van der Waals surface area contributed by atoms with Crippen LogP contribution in [0.1, 0.15) is 44.8 Å². The van der Waals surface area contributed by atoms with Gasteiger partial charge in [0, 0.05) is 13.0 Å². The second-order valence-electron chi connectivity index (χ2n) is 6.59. The van der Waals surface area contributed by atoms with E-state index < -0.39 is 0 Å². The van der Waals surface area contributed by atoms with Gasteiger partial charge in [-0.2, -0.15) is 4.98 Å². The predicted molar refractivity (Wildman–Crippen MR) is 108 cm³/mol. The topological polar surface area (TPSA) is 91.1 Å². The average Bonchev–Trinajstić information content (AvgIpc) is 3.35. The first kappa shape index (κ1) is 18.7. The number of hydrogen-bond acceptors (Lipinski definition) is 7. The lowest BCUT2D eigenvalue weighted by Crippen LogP contribution is -2.23. The number of aryl methyl sites for hydroxylation is 2. The smallest absolute Gasteiger partial charge is 0.262 e. The highest BCUT2D eigenvalue weighted by Crippen LogP contribution is 2.24. The van der Waals surface area contributed by atoms with Crippen LogP contribution >= 0.6 is 11.8 Å². The van der Waals surface area contributed by atoms with Crippen molar-refractivity contribution in [1.29, 1.82) is 0 Å². The minimum Gasteiger partial charge on any atom is -0.339 e. The van der Waals surface area contributed by atoms with Gasteiger partial charge in [-0.05, 0) is 25.0 Å². The van der Waals surface area contributed by atoms with E-state index in [-0.39, 0.29) is 5.56 Å². The Hall–Kier alpha value is -2.68. The van der Waals surface area contributed by atoms with Crippen molar-refractivity contribution in [3.8, 4) is 0 Å². The van der Waals surface area contributed by atoms with Crippen LogP contribution in [-0.4, -0.2) is 29.3 Å². The van der Waals surface area contributed by atoms with Crippen LogP contribution < -0.4 is 5.56 Å². The minimum absolute atomic E-state index is 0.0346. The van der Waals surface area contributed by atoms with Crippen LogP contribution in [0.5, 0.6) is 0 Å². The molecule has 0 radical (unpaired) electrons. The zero-order valence-corrected chi connectivity index (χ0v) is 16.8. The molecule has 146 valence electrons. The molecule has 0 amide bonds. The molecule has 3 aromatic heterocycles. The Balaban J connectivity index is 1.70. The van der Waals surface area contributed by atoms with Crippen LogP contribution in [0.3, 0.4) is 0 Å². The summed E-state index contributed by atoms with van der Waals surface area (Å²) >= 11 is 1.48. The Morgan fingerprint density at radius 1 is 1.14 bits per heavy atom. The van der Waals surface area contributed by atoms with E-state index in [1.54, 1.807) is 4.57 Å². The highest BCUT2D eigenvalue weighted by Gasteiger charge is 2.17. The van der Waals surface area contributed by atoms with Crippen molar-refractivity contribution in [3.05, 3.63) is 46.3 Å². The number of fused-ring (bicyclic) bond motifs is 3. The maximum absolute atomic E-state index is 12.9. The first-order valence-electron chi connectivity index (χ1n) is 9.53. The van der Waals surface area contributed by atoms with E-state index in [4.69, 9.17) is 4.52 Å². The van der Waals surface area contributed by atoms with Gasteiger partial charge < -0.3 is 4.52 Å². The number of nitrogens with zero attached hydrogens (tertiary/aromatic N) is 6. The normalized spacial score (nSPS) is 11.6. The van der Waals surface area contributed by atoms with Crippen molar-refractivity contribution in [1.82, 2.24) is 29.3 Å². The highest BCUT2D eigenvalue weighted by atomic mass is 32.2. The summed E-state index contributed by atoms with van der Waals surface area (Å²) in [6.45, 7) is 4.77. The molecule has 1 aromatic carbocycles. The second kappa shape index (κ2) is 8.14. The molecule has 0 unspecified atom stereocenters. The van der Waals surface area contributed by atoms with Crippen LogP contribution in [-0.2, 0) is 18.7 Å². The fraction of sp³-hybridized carbons (Fsp3) is 0.421. The summed E-state index contributed by atoms with van der Waals surface area (Å²) in [5.41, 5.74) is 0.770. The lowest BCUT2D eigenvalue weighted by atomic mass is 10.2. The zero-order chi connectivity index (χ0) is 19.5. The summed E-state index contributed by atoms with van der Waals surface area (Å²) in [4.78, 5) is 17.3. The molecule has 0 saturated heterocycles. The van der Waals surface area contributed by atoms with Crippen molar-refractivity contribution >= 4 is 28.4 Å². The fourth-order valence-electron chi connectivity index (χ4n) is 3.16. The Labute approximate surface area is 166 Å². The Bertz CT molecular complexity index is 1160. The quantitative estimate of drug-likeness (QED) is 0.420. The summed E-state index contributed by atoms with van der Waals surface area (Å²) in [5.74, 6) is 2.40. The minimum atomic E-state index is -0.0346. The van der Waals surface area contributed by atoms with Crippen molar-refractivity contribution in [2.45, 2.75) is 57.0 Å². The van der Waals surface area contributed by atoms with Gasteiger partial charge in [0.1, 0.15) is 0 Å². The molecule has 0 spiro atoms. The molecular weight excluding hydrogens is 376 g/mol. The van der Waals surface area contributed by atoms with Gasteiger partial charge in [0.25, 0.3) is 5.56 Å². The van der Waals surface area contributed by atoms with Crippen LogP contribution in [0, 0.1) is 0 Å². The lowest BCUT2D eigenvalue weighted by Gasteiger charge is -2.10. The number of hydrogen-bond donors (Lipinski definition) is 0. The summed E-state index contributed by atoms with van der Waals surface area (Å²) in [5, 5.41) is 14.0. The number of aromatic nitrogens is 6. The summed E-state index contributed by atoms with van der Waals surface area (Å²) < 4.78 is 8.93. The van der Waals surface area contributed by atoms with Crippen LogP contribution in [0.15, 0.2) is 38.7 Å². The van der Waals surface area contributed by atoms with Gasteiger partial charge >= 0.3 is 0 Å². The molecule has 3 heterocycles. The molecule has 0 bridgehead atoms. The zero-order valence-electron chi connectivity index (χ0n) is 16.0. The Kier molecular flexibility index (Phi) is 5.43. The third-order valence-corrected chi connectivity index (χ3v) is 5.44. The predicted octanol–water partition coefficient (Wildman–Crippen LogP) is 3.47. The number of rotatable bonds is 8. The summed E-state index contributed by atoms with van der Waals surface area (Å²) in [7, 11) is 0. The summed E-state index contributed by atoms with van der Waals surface area (Å²) in [6, 6.07) is 7.56. The SMILES string of the molecule is CCCCc1nc(CSc2nnc3n(CCC)c(=O)c4ccccc4n23)no1. The molecular formula is C19H22N6O2S. The van der Waals surface area contributed by atoms with Crippen LogP contribution in [0.25, 0.3) is 16.7 Å². The first-order chi connectivity index (χ1) is 13.7. The molecule has 0 fully saturated rings. The van der Waals surface area contributed by atoms with E-state index in [0.717, 1.165) is 31.2 Å². The lowest BCUT2D eigenvalue weighted by molar-refractivity contribution is 0.371. The second-order valence-corrected chi connectivity index (χ2v) is 7.53. The monoisotopic (exact) mass is 398 g/mol. The molecule has 4 aromatic rings. The van der Waals surface area contributed by atoms with Gasteiger partial charge in [-0.1, -0.05) is 49.3 Å². The van der Waals surface area contributed by atoms with Crippen LogP contribution in [0.4, 0.5) is 0 Å². The van der Waals surface area contributed by atoms with Crippen molar-refractivity contribution in [2.24, 2.45) is 0 Å². The Morgan fingerprint density at radius 2 is 2.00 bits per heavy atom. The number of para-hydroxylation sites is 1. The van der Waals surface area contributed by atoms with Gasteiger partial charge in [-0.3, -0.25) is 13.8 Å². The molecule has 0 aliphatic rings. The van der Waals surface area contributed by atoms with E-state index in [1.807, 2.05) is 35.6 Å². The average molecular weight is 398 g/mol. The maximum atomic E-state index is 12.9. The molecule has 0 atom stereocenters. The molecule has 0 aliphatic carbocycles. The Morgan fingerprint density at radius 3 is 2.82 bits per heavy atom. The van der Waals surface area contributed by atoms with Crippen molar-refractivity contribution < 1.29 is 4.52 Å². The molecule has 0 aliphatic heterocycles. The molecule has 0 N–H and O–H groups in total. The van der Waals surface area contributed by atoms with E-state index in [2.05, 4.69) is 27.3 Å². The number of thioether (sulfide) groups is 1. The fourth-order valence-corrected chi connectivity index (χ4v) is 3.94. The molecule has 8 nitrogen and oxygen atoms in total. The third kappa shape index (κ3) is 3.42. The largest absolute Gasteiger partial charge is 0.339 e. The maximum Gasteiger partial charge on any atom is 0.262 e. The number of unbranched alkanes of at least 4 members (excludes halogenated alkanes) is 1. The molecule has 0 saturated carbocycles. The third-order valence-electron chi connectivity index (χ3n) is 4.51. The van der Waals surface area contributed by atoms with E-state index in [0.29, 0.717) is 40.3 Å². The summed E-state index contributed by atoms with van der Waals surface area (Å²) in [6.07, 6.45) is 3.76. The molecule has 28 heavy (non-hydrogen) atoms. The van der Waals surface area contributed by atoms with E-state index in [9.17, 15) is 4.79 Å². The standard InChI is InChI=1S/C19H22N6O2S/c1-3-5-10-16-20-15(23-27-16)12-28-19-22-21-18-24(11-4-2)17(26)13-8-6-7-9-14(13)25(18)19/h6-9H,3-5,10-12H2,1-2H3. The van der Waals surface area contributed by atoms with Crippen molar-refractivity contribution in [2.75, 3.05) is 0 Å². The van der Waals surface area contributed by atoms with Gasteiger partial charge in [-0.15, -0.1) is 10.2 Å². The number of benzene rings is 1. The van der Waals surface area contributed by atoms with Gasteiger partial charge in [0.05, 0.1) is 16.7 Å². The highest BCUT2D eigenvalue weighted by molar-refractivity contribution is 7.98. The van der Waals surface area contributed by atoms with Crippen molar-refractivity contribution in [3.63, 3.8) is 0 Å². The van der Waals surface area contributed by atoms with Crippen LogP contribution in [0.2, 0.25) is 0 Å². The van der Waals surface area contributed by atoms with E-state index >= 15 is 0 Å². The van der Waals surface area contributed by atoms with E-state index in [1.165, 1.54) is 11.8 Å². The van der Waals surface area contributed by atoms with Gasteiger partial charge in [0.2, 0.25) is 11.7 Å². The molecule has 4 rings (SSSR count). The van der Waals surface area contributed by atoms with Gasteiger partial charge in [0.15, 0.2) is 11.0 Å². The van der Waals surface area contributed by atoms with Gasteiger partial charge in [-0.25, -0.2) is 0 Å².